The van der Waals surface area contributed by atoms with Gasteiger partial charge in [-0.3, -0.25) is 9.59 Å². The van der Waals surface area contributed by atoms with E-state index in [1.807, 2.05) is 31.2 Å². The average Bonchev–Trinajstić information content (AvgIpc) is 2.83. The first-order valence-corrected chi connectivity index (χ1v) is 14.5. The van der Waals surface area contributed by atoms with Gasteiger partial charge in [0.05, 0.1) is 6.61 Å². The molecule has 0 amide bonds. The highest BCUT2D eigenvalue weighted by molar-refractivity contribution is 5.72. The summed E-state index contributed by atoms with van der Waals surface area (Å²) in [5, 5.41) is 0. The summed E-state index contributed by atoms with van der Waals surface area (Å²) in [6.45, 7) is 4.83. The smallest absolute Gasteiger partial charge is 0.311 e. The van der Waals surface area contributed by atoms with Crippen molar-refractivity contribution in [1.29, 1.82) is 0 Å². The second-order valence-electron chi connectivity index (χ2n) is 10.0. The molecule has 0 unspecified atom stereocenters. The van der Waals surface area contributed by atoms with E-state index in [1.54, 1.807) is 0 Å². The van der Waals surface area contributed by atoms with E-state index in [0.717, 1.165) is 50.5 Å². The third kappa shape index (κ3) is 20.1. The third-order valence-electron chi connectivity index (χ3n) is 6.49. The Morgan fingerprint density at radius 2 is 1.11 bits per heavy atom. The number of ether oxygens (including phenoxy) is 2. The molecule has 0 saturated heterocycles. The van der Waals surface area contributed by atoms with Gasteiger partial charge in [-0.1, -0.05) is 115 Å². The number of hydrogen-bond donors (Lipinski definition) is 0. The monoisotopic (exact) mass is 488 g/mol. The molecular formula is C31H52O4. The molecular weight excluding hydrogens is 436 g/mol. The molecule has 0 aromatic heterocycles. The van der Waals surface area contributed by atoms with Gasteiger partial charge >= 0.3 is 11.9 Å². The molecule has 0 N–H and O–H groups in total. The number of unbranched alkanes of at least 4 members (excludes halogenated alkanes) is 16. The lowest BCUT2D eigenvalue weighted by atomic mass is 10.1. The van der Waals surface area contributed by atoms with Crippen LogP contribution in [0.3, 0.4) is 0 Å². The molecule has 35 heavy (non-hydrogen) atoms. The van der Waals surface area contributed by atoms with Crippen molar-refractivity contribution in [3.63, 3.8) is 0 Å². The van der Waals surface area contributed by atoms with Gasteiger partial charge in [-0.25, -0.2) is 0 Å². The van der Waals surface area contributed by atoms with Crippen LogP contribution in [0, 0.1) is 6.92 Å². The van der Waals surface area contributed by atoms with Crippen LogP contribution in [0.4, 0.5) is 0 Å². The Hall–Kier alpha value is -1.84. The Labute approximate surface area is 215 Å². The summed E-state index contributed by atoms with van der Waals surface area (Å²) in [7, 11) is 0. The van der Waals surface area contributed by atoms with Crippen LogP contribution >= 0.6 is 0 Å². The molecule has 4 nitrogen and oxygen atoms in total. The van der Waals surface area contributed by atoms with Crippen LogP contribution in [0.1, 0.15) is 141 Å². The zero-order chi connectivity index (χ0) is 25.4. The fourth-order valence-electron chi connectivity index (χ4n) is 4.31. The molecule has 0 spiro atoms. The number of aryl methyl sites for hydroxylation is 1. The van der Waals surface area contributed by atoms with Crippen LogP contribution < -0.4 is 4.74 Å². The summed E-state index contributed by atoms with van der Waals surface area (Å²) in [4.78, 5) is 23.7. The minimum absolute atomic E-state index is 0.0491. The molecule has 1 aromatic carbocycles. The highest BCUT2D eigenvalue weighted by atomic mass is 16.5. The molecule has 1 rings (SSSR count). The largest absolute Gasteiger partial charge is 0.466 e. The molecule has 0 heterocycles. The number of hydrogen-bond acceptors (Lipinski definition) is 4. The Morgan fingerprint density at radius 1 is 0.629 bits per heavy atom. The molecule has 0 fully saturated rings. The van der Waals surface area contributed by atoms with Crippen molar-refractivity contribution in [2.45, 2.75) is 142 Å². The number of carbonyl (C=O) groups excluding carboxylic acids is 2. The Bertz CT molecular complexity index is 655. The maximum absolute atomic E-state index is 11.9. The topological polar surface area (TPSA) is 52.6 Å². The molecule has 4 heteroatoms. The molecule has 0 radical (unpaired) electrons. The number of rotatable bonds is 23. The van der Waals surface area contributed by atoms with Crippen molar-refractivity contribution in [2.75, 3.05) is 6.61 Å². The van der Waals surface area contributed by atoms with Crippen molar-refractivity contribution in [1.82, 2.24) is 0 Å². The fraction of sp³-hybridized carbons (Fsp3) is 0.742. The van der Waals surface area contributed by atoms with E-state index < -0.39 is 0 Å². The van der Waals surface area contributed by atoms with Gasteiger partial charge in [-0.05, 0) is 43.9 Å². The molecule has 1 aromatic rings. The molecule has 0 saturated carbocycles. The van der Waals surface area contributed by atoms with Gasteiger partial charge < -0.3 is 9.47 Å². The molecule has 0 atom stereocenters. The van der Waals surface area contributed by atoms with E-state index in [9.17, 15) is 9.59 Å². The van der Waals surface area contributed by atoms with Crippen LogP contribution in [0.2, 0.25) is 0 Å². The van der Waals surface area contributed by atoms with Crippen molar-refractivity contribution < 1.29 is 19.1 Å². The van der Waals surface area contributed by atoms with E-state index in [-0.39, 0.29) is 11.9 Å². The SMILES string of the molecule is CCCCCCCCCCCCCCOC(=O)CCCCCCCCC(=O)Oc1cccc(C)c1. The molecule has 0 aliphatic carbocycles. The molecule has 0 aliphatic rings. The lowest BCUT2D eigenvalue weighted by Crippen LogP contribution is -2.07. The van der Waals surface area contributed by atoms with E-state index in [1.165, 1.54) is 70.6 Å². The van der Waals surface area contributed by atoms with Crippen molar-refractivity contribution in [2.24, 2.45) is 0 Å². The quantitative estimate of drug-likeness (QED) is 0.0874. The summed E-state index contributed by atoms with van der Waals surface area (Å²) in [5.74, 6) is 0.416. The third-order valence-corrected chi connectivity index (χ3v) is 6.49. The Morgan fingerprint density at radius 3 is 1.66 bits per heavy atom. The number of esters is 2. The summed E-state index contributed by atoms with van der Waals surface area (Å²) < 4.78 is 10.7. The van der Waals surface area contributed by atoms with Crippen molar-refractivity contribution >= 4 is 11.9 Å². The van der Waals surface area contributed by atoms with Gasteiger partial charge in [0, 0.05) is 12.8 Å². The van der Waals surface area contributed by atoms with Crippen LogP contribution in [0.25, 0.3) is 0 Å². The van der Waals surface area contributed by atoms with Gasteiger partial charge in [0.25, 0.3) is 0 Å². The maximum atomic E-state index is 11.9. The van der Waals surface area contributed by atoms with Gasteiger partial charge in [0.2, 0.25) is 0 Å². The van der Waals surface area contributed by atoms with Crippen LogP contribution in [0.15, 0.2) is 24.3 Å². The highest BCUT2D eigenvalue weighted by Gasteiger charge is 2.05. The van der Waals surface area contributed by atoms with Crippen LogP contribution in [0.5, 0.6) is 5.75 Å². The maximum Gasteiger partial charge on any atom is 0.311 e. The molecule has 0 bridgehead atoms. The molecule has 200 valence electrons. The first kappa shape index (κ1) is 31.2. The lowest BCUT2D eigenvalue weighted by molar-refractivity contribution is -0.144. The van der Waals surface area contributed by atoms with E-state index >= 15 is 0 Å². The van der Waals surface area contributed by atoms with E-state index in [4.69, 9.17) is 9.47 Å². The summed E-state index contributed by atoms with van der Waals surface area (Å²) in [6, 6.07) is 7.57. The van der Waals surface area contributed by atoms with Gasteiger partial charge in [0.15, 0.2) is 0 Å². The Balaban J connectivity index is 1.80. The standard InChI is InChI=1S/C31H52O4/c1-3-4-5-6-7-8-9-10-11-14-17-20-26-34-30(32)24-18-15-12-13-16-19-25-31(33)35-29-23-21-22-28(2)27-29/h21-23,27H,3-20,24-26H2,1-2H3. The average molecular weight is 489 g/mol. The first-order valence-electron chi connectivity index (χ1n) is 14.5. The van der Waals surface area contributed by atoms with Gasteiger partial charge in [-0.15, -0.1) is 0 Å². The number of carbonyl (C=O) groups is 2. The van der Waals surface area contributed by atoms with Gasteiger partial charge in [-0.2, -0.15) is 0 Å². The predicted octanol–water partition coefficient (Wildman–Crippen LogP) is 9.27. The summed E-state index contributed by atoms with van der Waals surface area (Å²) in [5.41, 5.74) is 1.09. The van der Waals surface area contributed by atoms with Crippen LogP contribution in [-0.2, 0) is 14.3 Å². The second-order valence-corrected chi connectivity index (χ2v) is 10.0. The van der Waals surface area contributed by atoms with E-state index in [0.29, 0.717) is 25.2 Å². The Kier molecular flexibility index (Phi) is 20.2. The minimum atomic E-state index is -0.161. The minimum Gasteiger partial charge on any atom is -0.466 e. The first-order chi connectivity index (χ1) is 17.1. The van der Waals surface area contributed by atoms with Gasteiger partial charge in [0.1, 0.15) is 5.75 Å². The lowest BCUT2D eigenvalue weighted by Gasteiger charge is -2.06. The molecule has 0 aliphatic heterocycles. The highest BCUT2D eigenvalue weighted by Crippen LogP contribution is 2.15. The van der Waals surface area contributed by atoms with Crippen molar-refractivity contribution in [3.05, 3.63) is 29.8 Å². The van der Waals surface area contributed by atoms with E-state index in [2.05, 4.69) is 6.92 Å². The normalized spacial score (nSPS) is 10.9. The summed E-state index contributed by atoms with van der Waals surface area (Å²) >= 11 is 0. The zero-order valence-electron chi connectivity index (χ0n) is 22.8. The van der Waals surface area contributed by atoms with Crippen molar-refractivity contribution in [3.8, 4) is 5.75 Å². The second kappa shape index (κ2) is 22.6. The zero-order valence-corrected chi connectivity index (χ0v) is 22.8. The van der Waals surface area contributed by atoms with Crippen LogP contribution in [-0.4, -0.2) is 18.5 Å². The predicted molar refractivity (Wildman–Crippen MR) is 146 cm³/mol. The fourth-order valence-corrected chi connectivity index (χ4v) is 4.31. The number of benzene rings is 1. The summed E-state index contributed by atoms with van der Waals surface area (Å²) in [6.07, 6.45) is 22.8.